The van der Waals surface area contributed by atoms with Crippen LogP contribution < -0.4 is 5.32 Å². The Balaban J connectivity index is 1.78. The number of benzene rings is 1. The van der Waals surface area contributed by atoms with Gasteiger partial charge < -0.3 is 10.1 Å². The minimum Gasteiger partial charge on any atom is -0.452 e. The molecule has 0 radical (unpaired) electrons. The van der Waals surface area contributed by atoms with Crippen molar-refractivity contribution >= 4 is 23.6 Å². The van der Waals surface area contributed by atoms with E-state index >= 15 is 0 Å². The lowest BCUT2D eigenvalue weighted by Gasteiger charge is -2.20. The van der Waals surface area contributed by atoms with E-state index in [1.165, 1.54) is 24.6 Å². The van der Waals surface area contributed by atoms with Gasteiger partial charge in [-0.15, -0.1) is 11.8 Å². The van der Waals surface area contributed by atoms with Gasteiger partial charge in [-0.05, 0) is 38.8 Å². The maximum Gasteiger partial charge on any atom is 0.319 e. The minimum atomic E-state index is -0.750. The first-order valence-electron chi connectivity index (χ1n) is 8.79. The largest absolute Gasteiger partial charge is 0.452 e. The fraction of sp³-hybridized carbons (Fsp3) is 0.579. The molecule has 24 heavy (non-hydrogen) atoms. The fourth-order valence-corrected chi connectivity index (χ4v) is 3.69. The summed E-state index contributed by atoms with van der Waals surface area (Å²) in [5.74, 6) is -0.542. The number of thioether (sulfide) groups is 1. The summed E-state index contributed by atoms with van der Waals surface area (Å²) in [4.78, 5) is 25.4. The normalized spacial score (nSPS) is 18.2. The standard InChI is InChI=1S/C19H27NO3S/c1-14(18(21)20-16-10-6-3-4-7-11-16)23-19(22)15(2)24-17-12-8-5-9-13-17/h5,8-9,12-16H,3-4,6-7,10-11H2,1-2H3,(H,20,21)/t14-,15+/m0/s1. The molecule has 1 fully saturated rings. The monoisotopic (exact) mass is 349 g/mol. The summed E-state index contributed by atoms with van der Waals surface area (Å²) in [6.45, 7) is 3.44. The second-order valence-corrected chi connectivity index (χ2v) is 7.76. The first-order chi connectivity index (χ1) is 11.6. The zero-order valence-corrected chi connectivity index (χ0v) is 15.3. The van der Waals surface area contributed by atoms with Crippen LogP contribution in [0.2, 0.25) is 0 Å². The molecule has 0 spiro atoms. The Hall–Kier alpha value is -1.49. The lowest BCUT2D eigenvalue weighted by Crippen LogP contribution is -2.42. The third-order valence-electron chi connectivity index (χ3n) is 4.25. The van der Waals surface area contributed by atoms with Crippen LogP contribution in [0.15, 0.2) is 35.2 Å². The van der Waals surface area contributed by atoms with Crippen LogP contribution in [-0.4, -0.2) is 29.3 Å². The molecule has 0 bridgehead atoms. The van der Waals surface area contributed by atoms with Crippen molar-refractivity contribution in [2.24, 2.45) is 0 Å². The van der Waals surface area contributed by atoms with E-state index in [0.717, 1.165) is 30.6 Å². The topological polar surface area (TPSA) is 55.4 Å². The fourth-order valence-electron chi connectivity index (χ4n) is 2.82. The van der Waals surface area contributed by atoms with Crippen LogP contribution in [0.5, 0.6) is 0 Å². The molecule has 5 heteroatoms. The maximum atomic E-state index is 12.2. The molecule has 1 aliphatic rings. The van der Waals surface area contributed by atoms with E-state index in [0.29, 0.717) is 0 Å². The molecular weight excluding hydrogens is 322 g/mol. The van der Waals surface area contributed by atoms with Gasteiger partial charge >= 0.3 is 5.97 Å². The molecule has 1 aliphatic carbocycles. The number of carbonyl (C=O) groups is 2. The summed E-state index contributed by atoms with van der Waals surface area (Å²) >= 11 is 1.44. The van der Waals surface area contributed by atoms with Gasteiger partial charge in [0.2, 0.25) is 0 Å². The number of nitrogens with one attached hydrogen (secondary N) is 1. The zero-order valence-electron chi connectivity index (χ0n) is 14.5. The summed E-state index contributed by atoms with van der Waals surface area (Å²) in [5.41, 5.74) is 0. The Morgan fingerprint density at radius 2 is 1.71 bits per heavy atom. The number of amides is 1. The summed E-state index contributed by atoms with van der Waals surface area (Å²) < 4.78 is 5.35. The number of carbonyl (C=O) groups excluding carboxylic acids is 2. The molecule has 1 amide bonds. The van der Waals surface area contributed by atoms with Crippen LogP contribution in [0.25, 0.3) is 0 Å². The van der Waals surface area contributed by atoms with Crippen LogP contribution in [0, 0.1) is 0 Å². The average Bonchev–Trinajstić information content (AvgIpc) is 2.84. The molecule has 2 rings (SSSR count). The first-order valence-corrected chi connectivity index (χ1v) is 9.67. The highest BCUT2D eigenvalue weighted by molar-refractivity contribution is 8.00. The highest BCUT2D eigenvalue weighted by Gasteiger charge is 2.24. The van der Waals surface area contributed by atoms with Crippen LogP contribution in [0.3, 0.4) is 0 Å². The highest BCUT2D eigenvalue weighted by Crippen LogP contribution is 2.24. The number of rotatable bonds is 6. The molecule has 0 unspecified atom stereocenters. The first kappa shape index (κ1) is 18.8. The van der Waals surface area contributed by atoms with Crippen molar-refractivity contribution in [3.05, 3.63) is 30.3 Å². The molecule has 132 valence electrons. The quantitative estimate of drug-likeness (QED) is 0.480. The van der Waals surface area contributed by atoms with Crippen LogP contribution in [-0.2, 0) is 14.3 Å². The number of esters is 1. The predicted molar refractivity (Wildman–Crippen MR) is 96.9 cm³/mol. The highest BCUT2D eigenvalue weighted by atomic mass is 32.2. The van der Waals surface area contributed by atoms with E-state index in [2.05, 4.69) is 5.32 Å². The van der Waals surface area contributed by atoms with Crippen molar-refractivity contribution in [1.82, 2.24) is 5.32 Å². The summed E-state index contributed by atoms with van der Waals surface area (Å²) in [7, 11) is 0. The molecule has 1 N–H and O–H groups in total. The maximum absolute atomic E-state index is 12.2. The van der Waals surface area contributed by atoms with Gasteiger partial charge in [0.1, 0.15) is 5.25 Å². The number of hydrogen-bond donors (Lipinski definition) is 1. The van der Waals surface area contributed by atoms with E-state index < -0.39 is 6.10 Å². The lowest BCUT2D eigenvalue weighted by atomic mass is 10.1. The SMILES string of the molecule is C[C@H](OC(=O)[C@@H](C)Sc1ccccc1)C(=O)NC1CCCCCC1. The van der Waals surface area contributed by atoms with Gasteiger partial charge in [0.15, 0.2) is 6.10 Å². The molecule has 1 aromatic rings. The molecule has 1 aromatic carbocycles. The van der Waals surface area contributed by atoms with E-state index in [-0.39, 0.29) is 23.2 Å². The smallest absolute Gasteiger partial charge is 0.319 e. The predicted octanol–water partition coefficient (Wildman–Crippen LogP) is 3.94. The van der Waals surface area contributed by atoms with E-state index in [9.17, 15) is 9.59 Å². The van der Waals surface area contributed by atoms with E-state index in [1.807, 2.05) is 30.3 Å². The minimum absolute atomic E-state index is 0.188. The van der Waals surface area contributed by atoms with Crippen molar-refractivity contribution in [3.8, 4) is 0 Å². The molecule has 0 aromatic heterocycles. The second-order valence-electron chi connectivity index (χ2n) is 6.35. The van der Waals surface area contributed by atoms with Gasteiger partial charge in [-0.1, -0.05) is 43.9 Å². The van der Waals surface area contributed by atoms with E-state index in [1.54, 1.807) is 13.8 Å². The Kier molecular flexibility index (Phi) is 7.63. The van der Waals surface area contributed by atoms with Crippen molar-refractivity contribution in [2.45, 2.75) is 74.7 Å². The average molecular weight is 349 g/mol. The Morgan fingerprint density at radius 3 is 2.33 bits per heavy atom. The summed E-state index contributed by atoms with van der Waals surface area (Å²) in [6.07, 6.45) is 6.09. The third-order valence-corrected chi connectivity index (χ3v) is 5.34. The molecule has 0 aliphatic heterocycles. The Labute approximate surface area is 148 Å². The molecule has 0 heterocycles. The van der Waals surface area contributed by atoms with Gasteiger partial charge in [-0.25, -0.2) is 0 Å². The van der Waals surface area contributed by atoms with Gasteiger partial charge in [0.05, 0.1) is 0 Å². The number of hydrogen-bond acceptors (Lipinski definition) is 4. The Morgan fingerprint density at radius 1 is 1.08 bits per heavy atom. The summed E-state index contributed by atoms with van der Waals surface area (Å²) in [5, 5.41) is 2.68. The Bertz CT molecular complexity index is 527. The molecule has 1 saturated carbocycles. The van der Waals surface area contributed by atoms with Gasteiger partial charge in [0.25, 0.3) is 5.91 Å². The van der Waals surface area contributed by atoms with Gasteiger partial charge in [0, 0.05) is 10.9 Å². The van der Waals surface area contributed by atoms with Crippen molar-refractivity contribution in [3.63, 3.8) is 0 Å². The molecular formula is C19H27NO3S. The molecule has 4 nitrogen and oxygen atoms in total. The van der Waals surface area contributed by atoms with Crippen molar-refractivity contribution in [1.29, 1.82) is 0 Å². The van der Waals surface area contributed by atoms with Gasteiger partial charge in [-0.3, -0.25) is 9.59 Å². The summed E-state index contributed by atoms with van der Waals surface area (Å²) in [6, 6.07) is 9.93. The van der Waals surface area contributed by atoms with Crippen LogP contribution >= 0.6 is 11.8 Å². The van der Waals surface area contributed by atoms with Gasteiger partial charge in [-0.2, -0.15) is 0 Å². The molecule has 0 saturated heterocycles. The lowest BCUT2D eigenvalue weighted by molar-refractivity contribution is -0.154. The number of ether oxygens (including phenoxy) is 1. The van der Waals surface area contributed by atoms with Crippen molar-refractivity contribution in [2.75, 3.05) is 0 Å². The molecule has 2 atom stereocenters. The second kappa shape index (κ2) is 9.72. The van der Waals surface area contributed by atoms with Crippen molar-refractivity contribution < 1.29 is 14.3 Å². The van der Waals surface area contributed by atoms with Crippen LogP contribution in [0.1, 0.15) is 52.4 Å². The van der Waals surface area contributed by atoms with Crippen LogP contribution in [0.4, 0.5) is 0 Å². The third kappa shape index (κ3) is 6.19. The van der Waals surface area contributed by atoms with E-state index in [4.69, 9.17) is 4.74 Å². The zero-order chi connectivity index (χ0) is 17.4.